The quantitative estimate of drug-likeness (QED) is 0.774. The van der Waals surface area contributed by atoms with Gasteiger partial charge in [0.1, 0.15) is 0 Å². The minimum Gasteiger partial charge on any atom is -0.494 e. The predicted molar refractivity (Wildman–Crippen MR) is 66.1 cm³/mol. The summed E-state index contributed by atoms with van der Waals surface area (Å²) in [4.78, 5) is 11.1. The molecule has 0 radical (unpaired) electrons. The summed E-state index contributed by atoms with van der Waals surface area (Å²) < 4.78 is 1.05. The molecule has 5 heteroatoms. The number of hydrogen-bond donors (Lipinski definition) is 3. The smallest absolute Gasteiger partial charge is 0.337 e. The number of nitrogens with zero attached hydrogens (tertiary/aromatic N) is 1. The van der Waals surface area contributed by atoms with Crippen molar-refractivity contribution in [3.8, 4) is 17.4 Å². The van der Waals surface area contributed by atoms with Crippen LogP contribution >= 0.6 is 0 Å². The summed E-state index contributed by atoms with van der Waals surface area (Å²) in [7, 11) is 0. The number of aromatic hydroxyl groups is 2. The number of rotatable bonds is 3. The molecule has 0 saturated carbocycles. The van der Waals surface area contributed by atoms with Crippen LogP contribution in [0.15, 0.2) is 36.9 Å². The molecule has 0 amide bonds. The summed E-state index contributed by atoms with van der Waals surface area (Å²) >= 11 is 0. The fourth-order valence-electron chi connectivity index (χ4n) is 1.70. The van der Waals surface area contributed by atoms with Crippen LogP contribution in [0.2, 0.25) is 0 Å². The third kappa shape index (κ3) is 1.82. The van der Waals surface area contributed by atoms with Gasteiger partial charge in [0.2, 0.25) is 0 Å². The maximum atomic E-state index is 11.1. The molecule has 0 bridgehead atoms. The monoisotopic (exact) mass is 245 g/mol. The van der Waals surface area contributed by atoms with Crippen molar-refractivity contribution in [3.05, 3.63) is 48.0 Å². The summed E-state index contributed by atoms with van der Waals surface area (Å²) in [5.74, 6) is -1.62. The van der Waals surface area contributed by atoms with Crippen LogP contribution < -0.4 is 0 Å². The van der Waals surface area contributed by atoms with Crippen molar-refractivity contribution in [2.45, 2.75) is 0 Å². The van der Waals surface area contributed by atoms with E-state index in [9.17, 15) is 15.0 Å². The van der Waals surface area contributed by atoms with Crippen molar-refractivity contribution >= 4 is 12.0 Å². The average Bonchev–Trinajstić information content (AvgIpc) is 2.68. The van der Waals surface area contributed by atoms with E-state index in [1.807, 2.05) is 0 Å². The van der Waals surface area contributed by atoms with Gasteiger partial charge >= 0.3 is 5.97 Å². The number of carboxylic acids is 1. The molecule has 0 unspecified atom stereocenters. The second kappa shape index (κ2) is 4.29. The van der Waals surface area contributed by atoms with E-state index >= 15 is 0 Å². The lowest BCUT2D eigenvalue weighted by Crippen LogP contribution is -2.05. The summed E-state index contributed by atoms with van der Waals surface area (Å²) in [6.45, 7) is 3.59. The topological polar surface area (TPSA) is 82.7 Å². The van der Waals surface area contributed by atoms with Crippen molar-refractivity contribution in [1.82, 2.24) is 4.57 Å². The van der Waals surface area contributed by atoms with Crippen LogP contribution in [0, 0.1) is 0 Å². The van der Waals surface area contributed by atoms with Crippen molar-refractivity contribution < 1.29 is 20.1 Å². The van der Waals surface area contributed by atoms with Gasteiger partial charge in [-0.05, 0) is 17.7 Å². The van der Waals surface area contributed by atoms with E-state index in [0.717, 1.165) is 4.57 Å². The van der Waals surface area contributed by atoms with Gasteiger partial charge < -0.3 is 15.3 Å². The molecule has 0 aliphatic rings. The van der Waals surface area contributed by atoms with Gasteiger partial charge in [0, 0.05) is 12.1 Å². The van der Waals surface area contributed by atoms with Crippen LogP contribution in [-0.4, -0.2) is 25.9 Å². The van der Waals surface area contributed by atoms with Crippen LogP contribution in [0.4, 0.5) is 0 Å². The lowest BCUT2D eigenvalue weighted by atomic mass is 10.1. The molecule has 0 aliphatic carbocycles. The molecule has 1 heterocycles. The molecule has 0 saturated heterocycles. The molecule has 92 valence electrons. The van der Waals surface area contributed by atoms with E-state index < -0.39 is 5.97 Å². The van der Waals surface area contributed by atoms with Crippen molar-refractivity contribution in [3.63, 3.8) is 0 Å². The molecule has 5 nitrogen and oxygen atoms in total. The van der Waals surface area contributed by atoms with Gasteiger partial charge in [-0.1, -0.05) is 18.7 Å². The van der Waals surface area contributed by atoms with Gasteiger partial charge in [-0.25, -0.2) is 4.79 Å². The maximum Gasteiger partial charge on any atom is 0.337 e. The van der Waals surface area contributed by atoms with Crippen LogP contribution in [-0.2, 0) is 0 Å². The molecule has 18 heavy (non-hydrogen) atoms. The number of carboxylic acid groups (broad SMARTS) is 1. The summed E-state index contributed by atoms with van der Waals surface area (Å²) in [5, 5.41) is 28.4. The second-order valence-corrected chi connectivity index (χ2v) is 3.67. The van der Waals surface area contributed by atoms with E-state index in [1.165, 1.54) is 24.3 Å². The first-order valence-corrected chi connectivity index (χ1v) is 5.14. The Morgan fingerprint density at radius 3 is 2.28 bits per heavy atom. The highest BCUT2D eigenvalue weighted by atomic mass is 16.4. The standard InChI is InChI=1S/C13H11NO4/c1-2-8-3-4-9(13(17)18)10(7-8)14-11(15)5-6-12(14)16/h2-7,15-16H,1H2,(H,17,18). The Kier molecular flexibility index (Phi) is 2.81. The molecule has 2 rings (SSSR count). The van der Waals surface area contributed by atoms with Crippen LogP contribution in [0.1, 0.15) is 15.9 Å². The largest absolute Gasteiger partial charge is 0.494 e. The Bertz CT molecular complexity index is 608. The van der Waals surface area contributed by atoms with Crippen molar-refractivity contribution in [1.29, 1.82) is 0 Å². The Labute approximate surface area is 103 Å². The molecule has 2 aromatic rings. The minimum atomic E-state index is -1.15. The lowest BCUT2D eigenvalue weighted by Gasteiger charge is -2.11. The first-order valence-electron chi connectivity index (χ1n) is 5.14. The zero-order valence-electron chi connectivity index (χ0n) is 9.37. The number of aromatic nitrogens is 1. The number of benzene rings is 1. The Hall–Kier alpha value is -2.69. The molecule has 0 fully saturated rings. The normalized spacial score (nSPS) is 10.2. The van der Waals surface area contributed by atoms with E-state index in [1.54, 1.807) is 12.1 Å². The maximum absolute atomic E-state index is 11.1. The first-order chi connectivity index (χ1) is 8.54. The molecule has 1 aromatic heterocycles. The van der Waals surface area contributed by atoms with E-state index in [-0.39, 0.29) is 23.0 Å². The first kappa shape index (κ1) is 11.8. The third-order valence-corrected chi connectivity index (χ3v) is 2.57. The third-order valence-electron chi connectivity index (χ3n) is 2.57. The van der Waals surface area contributed by atoms with Gasteiger partial charge in [0.15, 0.2) is 11.8 Å². The Morgan fingerprint density at radius 1 is 1.17 bits per heavy atom. The highest BCUT2D eigenvalue weighted by Crippen LogP contribution is 2.29. The average molecular weight is 245 g/mol. The van der Waals surface area contributed by atoms with Gasteiger partial charge in [-0.2, -0.15) is 0 Å². The molecule has 0 spiro atoms. The molecule has 0 aliphatic heterocycles. The number of aromatic carboxylic acids is 1. The fourth-order valence-corrected chi connectivity index (χ4v) is 1.70. The van der Waals surface area contributed by atoms with Crippen molar-refractivity contribution in [2.24, 2.45) is 0 Å². The molecule has 1 aromatic carbocycles. The summed E-state index contributed by atoms with van der Waals surface area (Å²) in [5.41, 5.74) is 0.838. The van der Waals surface area contributed by atoms with E-state index in [4.69, 9.17) is 5.11 Å². The molecule has 0 atom stereocenters. The molecule has 3 N–H and O–H groups in total. The second-order valence-electron chi connectivity index (χ2n) is 3.67. The van der Waals surface area contributed by atoms with E-state index in [2.05, 4.69) is 6.58 Å². The summed E-state index contributed by atoms with van der Waals surface area (Å²) in [6, 6.07) is 7.07. The van der Waals surface area contributed by atoms with Crippen LogP contribution in [0.25, 0.3) is 11.8 Å². The van der Waals surface area contributed by atoms with Gasteiger partial charge in [0.05, 0.1) is 11.3 Å². The molecular weight excluding hydrogens is 234 g/mol. The zero-order valence-corrected chi connectivity index (χ0v) is 9.37. The number of hydrogen-bond acceptors (Lipinski definition) is 3. The van der Waals surface area contributed by atoms with Gasteiger partial charge in [-0.15, -0.1) is 0 Å². The highest BCUT2D eigenvalue weighted by Gasteiger charge is 2.16. The summed E-state index contributed by atoms with van der Waals surface area (Å²) in [6.07, 6.45) is 1.55. The molecular formula is C13H11NO4. The van der Waals surface area contributed by atoms with Gasteiger partial charge in [-0.3, -0.25) is 4.57 Å². The van der Waals surface area contributed by atoms with Crippen LogP contribution in [0.5, 0.6) is 11.8 Å². The predicted octanol–water partition coefficient (Wildman–Crippen LogP) is 2.23. The Morgan fingerprint density at radius 2 is 1.78 bits per heavy atom. The highest BCUT2D eigenvalue weighted by molar-refractivity contribution is 5.92. The van der Waals surface area contributed by atoms with Crippen molar-refractivity contribution in [2.75, 3.05) is 0 Å². The van der Waals surface area contributed by atoms with Crippen LogP contribution in [0.3, 0.4) is 0 Å². The van der Waals surface area contributed by atoms with Gasteiger partial charge in [0.25, 0.3) is 0 Å². The lowest BCUT2D eigenvalue weighted by molar-refractivity contribution is 0.0697. The van der Waals surface area contributed by atoms with E-state index in [0.29, 0.717) is 5.56 Å². The fraction of sp³-hybridized carbons (Fsp3) is 0. The SMILES string of the molecule is C=Cc1ccc(C(=O)O)c(-n2c(O)ccc2O)c1. The Balaban J connectivity index is 2.75. The minimum absolute atomic E-state index is 0.0256. The zero-order chi connectivity index (χ0) is 13.3. The number of carbonyl (C=O) groups is 1.